The molecule has 0 saturated carbocycles. The van der Waals surface area contributed by atoms with Crippen LogP contribution in [0.2, 0.25) is 0 Å². The van der Waals surface area contributed by atoms with Crippen molar-refractivity contribution in [2.45, 2.75) is 26.8 Å². The van der Waals surface area contributed by atoms with Crippen LogP contribution in [-0.4, -0.2) is 9.78 Å². The Balaban J connectivity index is 2.94. The maximum Gasteiger partial charge on any atom is 0.0492 e. The summed E-state index contributed by atoms with van der Waals surface area (Å²) in [7, 11) is 0. The van der Waals surface area contributed by atoms with Crippen LogP contribution in [0.5, 0.6) is 0 Å². The van der Waals surface area contributed by atoms with Gasteiger partial charge in [0.15, 0.2) is 0 Å². The molecule has 0 N–H and O–H groups in total. The van der Waals surface area contributed by atoms with Gasteiger partial charge in [-0.3, -0.25) is 4.68 Å². The van der Waals surface area contributed by atoms with E-state index in [0.29, 0.717) is 6.04 Å². The van der Waals surface area contributed by atoms with Gasteiger partial charge in [0.05, 0.1) is 0 Å². The van der Waals surface area contributed by atoms with Gasteiger partial charge >= 0.3 is 0 Å². The molecule has 1 heterocycles. The molecule has 2 heteroatoms. The summed E-state index contributed by atoms with van der Waals surface area (Å²) in [5, 5.41) is 4.13. The fourth-order valence-electron chi connectivity index (χ4n) is 0.921. The molecule has 0 unspecified atom stereocenters. The van der Waals surface area contributed by atoms with Crippen LogP contribution in [0, 0.1) is 6.92 Å². The highest BCUT2D eigenvalue weighted by molar-refractivity contribution is 4.97. The lowest BCUT2D eigenvalue weighted by molar-refractivity contribution is 0.519. The molecule has 1 aromatic heterocycles. The van der Waals surface area contributed by atoms with E-state index in [2.05, 4.69) is 25.9 Å². The summed E-state index contributed by atoms with van der Waals surface area (Å²) in [4.78, 5) is 0. The van der Waals surface area contributed by atoms with Gasteiger partial charge < -0.3 is 0 Å². The average molecular weight is 124 g/mol. The number of rotatable bonds is 1. The molecule has 0 saturated heterocycles. The Kier molecular flexibility index (Phi) is 1.56. The highest BCUT2D eigenvalue weighted by Crippen LogP contribution is 2.04. The minimum Gasteiger partial charge on any atom is -0.267 e. The fraction of sp³-hybridized carbons (Fsp3) is 0.571. The minimum atomic E-state index is 0.486. The molecule has 0 aromatic carbocycles. The van der Waals surface area contributed by atoms with Crippen LogP contribution < -0.4 is 0 Å². The molecule has 9 heavy (non-hydrogen) atoms. The van der Waals surface area contributed by atoms with Gasteiger partial charge in [-0.15, -0.1) is 0 Å². The molecule has 0 fully saturated rings. The van der Waals surface area contributed by atoms with Crippen molar-refractivity contribution in [3.05, 3.63) is 18.0 Å². The largest absolute Gasteiger partial charge is 0.267 e. The summed E-state index contributed by atoms with van der Waals surface area (Å²) >= 11 is 0. The SMILES string of the molecule is Cc1ccnn1C(C)C. The summed E-state index contributed by atoms with van der Waals surface area (Å²) in [6.07, 6.45) is 1.83. The van der Waals surface area contributed by atoms with E-state index in [1.165, 1.54) is 5.69 Å². The van der Waals surface area contributed by atoms with Gasteiger partial charge in [0, 0.05) is 17.9 Å². The lowest BCUT2D eigenvalue weighted by atomic mass is 10.4. The minimum absolute atomic E-state index is 0.486. The number of aromatic nitrogens is 2. The van der Waals surface area contributed by atoms with Crippen LogP contribution in [0.15, 0.2) is 12.3 Å². The van der Waals surface area contributed by atoms with Gasteiger partial charge in [-0.25, -0.2) is 0 Å². The van der Waals surface area contributed by atoms with Crippen molar-refractivity contribution >= 4 is 0 Å². The monoisotopic (exact) mass is 124 g/mol. The summed E-state index contributed by atoms with van der Waals surface area (Å²) in [5.74, 6) is 0. The molecule has 0 aliphatic rings. The first kappa shape index (κ1) is 6.33. The Bertz CT molecular complexity index is 189. The normalized spacial score (nSPS) is 10.7. The molecule has 0 amide bonds. The molecule has 0 bridgehead atoms. The zero-order valence-electron chi connectivity index (χ0n) is 6.13. The van der Waals surface area contributed by atoms with Crippen LogP contribution in [0.25, 0.3) is 0 Å². The van der Waals surface area contributed by atoms with Crippen LogP contribution in [-0.2, 0) is 0 Å². The molecule has 0 aliphatic carbocycles. The lowest BCUT2D eigenvalue weighted by Gasteiger charge is -2.06. The molecule has 0 radical (unpaired) electrons. The maximum atomic E-state index is 4.13. The Labute approximate surface area is 55.5 Å². The van der Waals surface area contributed by atoms with E-state index >= 15 is 0 Å². The van der Waals surface area contributed by atoms with E-state index in [0.717, 1.165) is 0 Å². The second-order valence-electron chi connectivity index (χ2n) is 2.51. The lowest BCUT2D eigenvalue weighted by Crippen LogP contribution is -2.03. The molecular formula is C7H12N2. The average Bonchev–Trinajstić information content (AvgIpc) is 2.13. The number of aryl methyl sites for hydroxylation is 1. The molecule has 0 atom stereocenters. The van der Waals surface area contributed by atoms with E-state index in [1.54, 1.807) is 0 Å². The van der Waals surface area contributed by atoms with Crippen LogP contribution in [0.4, 0.5) is 0 Å². The van der Waals surface area contributed by atoms with Gasteiger partial charge in [0.25, 0.3) is 0 Å². The van der Waals surface area contributed by atoms with Crippen molar-refractivity contribution in [1.82, 2.24) is 9.78 Å². The molecule has 1 aromatic rings. The van der Waals surface area contributed by atoms with Crippen LogP contribution in [0.3, 0.4) is 0 Å². The summed E-state index contributed by atoms with van der Waals surface area (Å²) in [5.41, 5.74) is 1.23. The van der Waals surface area contributed by atoms with Gasteiger partial charge in [0.2, 0.25) is 0 Å². The van der Waals surface area contributed by atoms with E-state index in [1.807, 2.05) is 16.9 Å². The Morgan fingerprint density at radius 1 is 1.56 bits per heavy atom. The van der Waals surface area contributed by atoms with Gasteiger partial charge in [0.1, 0.15) is 0 Å². The Hall–Kier alpha value is -0.790. The predicted molar refractivity (Wildman–Crippen MR) is 37.3 cm³/mol. The zero-order chi connectivity index (χ0) is 6.85. The molecule has 0 aliphatic heterocycles. The van der Waals surface area contributed by atoms with E-state index in [-0.39, 0.29) is 0 Å². The van der Waals surface area contributed by atoms with E-state index < -0.39 is 0 Å². The number of hydrogen-bond donors (Lipinski definition) is 0. The summed E-state index contributed by atoms with van der Waals surface area (Å²) in [6.45, 7) is 6.31. The topological polar surface area (TPSA) is 17.8 Å². The fourth-order valence-corrected chi connectivity index (χ4v) is 0.921. The molecule has 50 valence electrons. The van der Waals surface area contributed by atoms with Crippen molar-refractivity contribution in [1.29, 1.82) is 0 Å². The third-order valence-corrected chi connectivity index (χ3v) is 1.36. The van der Waals surface area contributed by atoms with Gasteiger partial charge in [-0.05, 0) is 26.8 Å². The first-order valence-electron chi connectivity index (χ1n) is 3.22. The predicted octanol–water partition coefficient (Wildman–Crippen LogP) is 1.77. The Morgan fingerprint density at radius 2 is 2.22 bits per heavy atom. The van der Waals surface area contributed by atoms with Crippen molar-refractivity contribution in [2.75, 3.05) is 0 Å². The van der Waals surface area contributed by atoms with Crippen molar-refractivity contribution in [3.63, 3.8) is 0 Å². The quantitative estimate of drug-likeness (QED) is 0.558. The summed E-state index contributed by atoms with van der Waals surface area (Å²) < 4.78 is 2.00. The van der Waals surface area contributed by atoms with E-state index in [9.17, 15) is 0 Å². The third-order valence-electron chi connectivity index (χ3n) is 1.36. The summed E-state index contributed by atoms with van der Waals surface area (Å²) in [6, 6.07) is 2.50. The molecule has 1 rings (SSSR count). The highest BCUT2D eigenvalue weighted by Gasteiger charge is 1.98. The first-order valence-corrected chi connectivity index (χ1v) is 3.22. The zero-order valence-corrected chi connectivity index (χ0v) is 6.13. The molecule has 2 nitrogen and oxygen atoms in total. The van der Waals surface area contributed by atoms with Crippen LogP contribution >= 0.6 is 0 Å². The first-order chi connectivity index (χ1) is 4.22. The van der Waals surface area contributed by atoms with Gasteiger partial charge in [-0.2, -0.15) is 5.10 Å². The Morgan fingerprint density at radius 3 is 2.44 bits per heavy atom. The van der Waals surface area contributed by atoms with Gasteiger partial charge in [-0.1, -0.05) is 0 Å². The van der Waals surface area contributed by atoms with E-state index in [4.69, 9.17) is 0 Å². The molecular weight excluding hydrogens is 112 g/mol. The van der Waals surface area contributed by atoms with Crippen molar-refractivity contribution in [2.24, 2.45) is 0 Å². The van der Waals surface area contributed by atoms with Crippen LogP contribution in [0.1, 0.15) is 25.6 Å². The van der Waals surface area contributed by atoms with Crippen molar-refractivity contribution < 1.29 is 0 Å². The number of hydrogen-bond acceptors (Lipinski definition) is 1. The van der Waals surface area contributed by atoms with Crippen molar-refractivity contribution in [3.8, 4) is 0 Å². The molecule has 0 spiro atoms. The highest BCUT2D eigenvalue weighted by atomic mass is 15.3. The second-order valence-corrected chi connectivity index (χ2v) is 2.51. The second kappa shape index (κ2) is 2.21. The maximum absolute atomic E-state index is 4.13. The number of nitrogens with zero attached hydrogens (tertiary/aromatic N) is 2. The third kappa shape index (κ3) is 1.12. The smallest absolute Gasteiger partial charge is 0.0492 e. The standard InChI is InChI=1S/C7H12N2/c1-6(2)9-7(3)4-5-8-9/h4-6H,1-3H3.